The zero-order valence-electron chi connectivity index (χ0n) is 18.2. The van der Waals surface area contributed by atoms with Gasteiger partial charge in [-0.05, 0) is 18.9 Å². The number of urea groups is 1. The Morgan fingerprint density at radius 1 is 1.29 bits per heavy atom. The van der Waals surface area contributed by atoms with Crippen molar-refractivity contribution in [1.29, 1.82) is 5.26 Å². The Kier molecular flexibility index (Phi) is 7.56. The predicted molar refractivity (Wildman–Crippen MR) is 111 cm³/mol. The third-order valence-electron chi connectivity index (χ3n) is 5.65. The van der Waals surface area contributed by atoms with Gasteiger partial charge in [-0.3, -0.25) is 10.1 Å². The number of halogens is 5. The third-order valence-corrected chi connectivity index (χ3v) is 7.30. The fourth-order valence-electron chi connectivity index (χ4n) is 3.52. The van der Waals surface area contributed by atoms with Crippen molar-refractivity contribution in [3.8, 4) is 6.07 Å². The Labute approximate surface area is 197 Å². The maximum atomic E-state index is 14.2. The Morgan fingerprint density at radius 2 is 1.97 bits per heavy atom. The van der Waals surface area contributed by atoms with Gasteiger partial charge in [0, 0.05) is 31.3 Å². The lowest BCUT2D eigenvalue weighted by atomic mass is 10.0. The molecule has 1 saturated heterocycles. The second kappa shape index (κ2) is 9.94. The van der Waals surface area contributed by atoms with Crippen LogP contribution in [0.5, 0.6) is 0 Å². The van der Waals surface area contributed by atoms with E-state index in [0.717, 1.165) is 0 Å². The van der Waals surface area contributed by atoms with Gasteiger partial charge in [0.2, 0.25) is 5.91 Å². The number of rotatable bonds is 10. The summed E-state index contributed by atoms with van der Waals surface area (Å²) in [5.74, 6) is -5.62. The van der Waals surface area contributed by atoms with Crippen molar-refractivity contribution in [1.82, 2.24) is 20.9 Å². The summed E-state index contributed by atoms with van der Waals surface area (Å²) in [6.07, 6.45) is -4.73. The Morgan fingerprint density at radius 3 is 2.49 bits per heavy atom. The lowest BCUT2D eigenvalue weighted by Crippen LogP contribution is -2.54. The SMILES string of the molecule is N#CC1(NC(=O)[C@H](CS(=O)(=O)CCN2CCNC2=O)N[C@@H](c2ccc(F)cc2F)C(F)(F)F)CC1. The van der Waals surface area contributed by atoms with Crippen LogP contribution < -0.4 is 16.0 Å². The van der Waals surface area contributed by atoms with E-state index in [-0.39, 0.29) is 32.0 Å². The van der Waals surface area contributed by atoms with E-state index < -0.39 is 74.3 Å². The smallest absolute Gasteiger partial charge is 0.336 e. The number of alkyl halides is 3. The number of sulfone groups is 1. The minimum atomic E-state index is -5.19. The largest absolute Gasteiger partial charge is 0.408 e. The molecule has 2 fully saturated rings. The van der Waals surface area contributed by atoms with Gasteiger partial charge < -0.3 is 15.5 Å². The number of benzene rings is 1. The van der Waals surface area contributed by atoms with Crippen molar-refractivity contribution in [3.05, 3.63) is 35.4 Å². The fraction of sp³-hybridized carbons (Fsp3) is 0.550. The van der Waals surface area contributed by atoms with E-state index >= 15 is 0 Å². The zero-order chi connectivity index (χ0) is 26.0. The lowest BCUT2D eigenvalue weighted by Gasteiger charge is -2.28. The number of carbonyl (C=O) groups excluding carboxylic acids is 2. The van der Waals surface area contributed by atoms with E-state index in [0.29, 0.717) is 18.7 Å². The molecular formula is C20H22F5N5O4S. The Hall–Kier alpha value is -2.99. The molecule has 0 unspecified atom stereocenters. The standard InChI is InChI=1S/C20H22F5N5O4S/c21-12-1-2-13(14(22)9-12)16(20(23,24)25)28-15(17(31)29-19(11-26)3-4-19)10-35(33,34)8-7-30-6-5-27-18(30)32/h1-2,9,15-16,28H,3-8,10H2,(H,27,32)(H,29,31)/t15-,16-/m0/s1. The molecule has 1 aromatic carbocycles. The molecule has 0 radical (unpaired) electrons. The monoisotopic (exact) mass is 523 g/mol. The first-order valence-electron chi connectivity index (χ1n) is 10.5. The normalized spacial score (nSPS) is 19.0. The highest BCUT2D eigenvalue weighted by Gasteiger charge is 2.48. The summed E-state index contributed by atoms with van der Waals surface area (Å²) >= 11 is 0. The lowest BCUT2D eigenvalue weighted by molar-refractivity contribution is -0.161. The predicted octanol–water partition coefficient (Wildman–Crippen LogP) is 1.14. The van der Waals surface area contributed by atoms with Crippen LogP contribution in [-0.2, 0) is 14.6 Å². The molecule has 1 heterocycles. The zero-order valence-corrected chi connectivity index (χ0v) is 19.0. The van der Waals surface area contributed by atoms with E-state index in [9.17, 15) is 45.2 Å². The molecule has 2 atom stereocenters. The molecule has 0 bridgehead atoms. The van der Waals surface area contributed by atoms with Gasteiger partial charge in [0.05, 0.1) is 17.6 Å². The van der Waals surface area contributed by atoms with E-state index in [2.05, 4.69) is 10.6 Å². The molecule has 0 spiro atoms. The van der Waals surface area contributed by atoms with E-state index in [1.807, 2.05) is 11.4 Å². The number of nitrogens with zero attached hydrogens (tertiary/aromatic N) is 2. The summed E-state index contributed by atoms with van der Waals surface area (Å²) in [6.45, 7) is 0.291. The number of nitriles is 1. The maximum Gasteiger partial charge on any atom is 0.408 e. The van der Waals surface area contributed by atoms with E-state index in [1.165, 1.54) is 4.90 Å². The summed E-state index contributed by atoms with van der Waals surface area (Å²) in [6, 6.07) is -2.19. The molecule has 15 heteroatoms. The highest BCUT2D eigenvalue weighted by atomic mass is 32.2. The van der Waals surface area contributed by atoms with Gasteiger partial charge >= 0.3 is 12.2 Å². The van der Waals surface area contributed by atoms with Gasteiger partial charge in [-0.1, -0.05) is 6.07 Å². The van der Waals surface area contributed by atoms with Crippen LogP contribution in [0.15, 0.2) is 18.2 Å². The van der Waals surface area contributed by atoms with E-state index in [4.69, 9.17) is 0 Å². The minimum Gasteiger partial charge on any atom is -0.336 e. The molecule has 3 rings (SSSR count). The first-order valence-corrected chi connectivity index (χ1v) is 12.3. The van der Waals surface area contributed by atoms with Crippen molar-refractivity contribution >= 4 is 21.8 Å². The Bertz CT molecular complexity index is 1130. The molecule has 3 amide bonds. The number of nitrogens with one attached hydrogen (secondary N) is 3. The molecule has 0 aromatic heterocycles. The molecule has 9 nitrogen and oxygen atoms in total. The Balaban J connectivity index is 1.85. The van der Waals surface area contributed by atoms with Crippen LogP contribution in [-0.4, -0.2) is 74.2 Å². The topological polar surface area (TPSA) is 131 Å². The van der Waals surface area contributed by atoms with Crippen molar-refractivity contribution < 1.29 is 40.0 Å². The van der Waals surface area contributed by atoms with Crippen LogP contribution in [0.1, 0.15) is 24.4 Å². The van der Waals surface area contributed by atoms with Gasteiger partial charge in [0.1, 0.15) is 29.3 Å². The van der Waals surface area contributed by atoms with Crippen LogP contribution in [0.4, 0.5) is 26.7 Å². The second-order valence-corrected chi connectivity index (χ2v) is 10.6. The van der Waals surface area contributed by atoms with Crippen LogP contribution in [0, 0.1) is 23.0 Å². The minimum absolute atomic E-state index is 0.230. The van der Waals surface area contributed by atoms with Crippen molar-refractivity contribution in [2.75, 3.05) is 31.1 Å². The number of carbonyl (C=O) groups is 2. The molecule has 1 aliphatic carbocycles. The third kappa shape index (κ3) is 6.79. The van der Waals surface area contributed by atoms with Gasteiger partial charge in [0.25, 0.3) is 0 Å². The fourth-order valence-corrected chi connectivity index (χ4v) is 4.94. The van der Waals surface area contributed by atoms with Crippen LogP contribution in [0.3, 0.4) is 0 Å². The molecule has 3 N–H and O–H groups in total. The number of hydrogen-bond acceptors (Lipinski definition) is 6. The van der Waals surface area contributed by atoms with Crippen molar-refractivity contribution in [2.45, 2.75) is 36.6 Å². The van der Waals surface area contributed by atoms with Crippen LogP contribution in [0.2, 0.25) is 0 Å². The quantitative estimate of drug-likeness (QED) is 0.394. The van der Waals surface area contributed by atoms with Crippen LogP contribution in [0.25, 0.3) is 0 Å². The van der Waals surface area contributed by atoms with E-state index in [1.54, 1.807) is 0 Å². The molecule has 2 aliphatic rings. The van der Waals surface area contributed by atoms with Gasteiger partial charge in [-0.2, -0.15) is 18.4 Å². The first-order chi connectivity index (χ1) is 16.3. The highest BCUT2D eigenvalue weighted by molar-refractivity contribution is 7.91. The molecule has 1 aliphatic heterocycles. The van der Waals surface area contributed by atoms with Crippen molar-refractivity contribution in [3.63, 3.8) is 0 Å². The molecular weight excluding hydrogens is 501 g/mol. The summed E-state index contributed by atoms with van der Waals surface area (Å²) in [7, 11) is -4.22. The number of hydrogen-bond donors (Lipinski definition) is 3. The number of amides is 3. The molecule has 35 heavy (non-hydrogen) atoms. The first kappa shape index (κ1) is 26.6. The van der Waals surface area contributed by atoms with Crippen molar-refractivity contribution in [2.24, 2.45) is 0 Å². The summed E-state index contributed by atoms with van der Waals surface area (Å²) in [5.41, 5.74) is -2.35. The average Bonchev–Trinajstić information content (AvgIpc) is 3.40. The molecule has 1 saturated carbocycles. The van der Waals surface area contributed by atoms with Gasteiger partial charge in [-0.25, -0.2) is 22.0 Å². The second-order valence-electron chi connectivity index (χ2n) is 8.38. The highest BCUT2D eigenvalue weighted by Crippen LogP contribution is 2.36. The van der Waals surface area contributed by atoms with Gasteiger partial charge in [0.15, 0.2) is 9.84 Å². The maximum absolute atomic E-state index is 14.2. The summed E-state index contributed by atoms with van der Waals surface area (Å²) < 4.78 is 94.4. The molecule has 1 aromatic rings. The van der Waals surface area contributed by atoms with Gasteiger partial charge in [-0.15, -0.1) is 0 Å². The average molecular weight is 523 g/mol. The summed E-state index contributed by atoms with van der Waals surface area (Å²) in [4.78, 5) is 25.6. The summed E-state index contributed by atoms with van der Waals surface area (Å²) in [5, 5.41) is 15.8. The molecule has 192 valence electrons. The van der Waals surface area contributed by atoms with Crippen LogP contribution >= 0.6 is 0 Å².